The van der Waals surface area contributed by atoms with Gasteiger partial charge in [-0.1, -0.05) is 24.3 Å². The van der Waals surface area contributed by atoms with Gasteiger partial charge in [0, 0.05) is 34.0 Å². The van der Waals surface area contributed by atoms with Crippen LogP contribution in [0, 0.1) is 5.82 Å². The molecular formula is C24H20FN5O4. The number of carbonyl (C=O) groups excluding carboxylic acids is 2. The van der Waals surface area contributed by atoms with Gasteiger partial charge in [0.05, 0.1) is 13.7 Å². The van der Waals surface area contributed by atoms with Crippen LogP contribution in [0.15, 0.2) is 48.7 Å². The largest absolute Gasteiger partial charge is 0.494 e. The van der Waals surface area contributed by atoms with Crippen molar-refractivity contribution in [1.82, 2.24) is 15.2 Å². The van der Waals surface area contributed by atoms with Gasteiger partial charge in [0.25, 0.3) is 5.91 Å². The maximum absolute atomic E-state index is 14.9. The lowest BCUT2D eigenvalue weighted by Crippen LogP contribution is -2.45. The van der Waals surface area contributed by atoms with Gasteiger partial charge >= 0.3 is 5.97 Å². The Bertz CT molecular complexity index is 1470. The van der Waals surface area contributed by atoms with Gasteiger partial charge < -0.3 is 25.5 Å². The first-order valence-electron chi connectivity index (χ1n) is 10.5. The summed E-state index contributed by atoms with van der Waals surface area (Å²) in [7, 11) is 1.36. The smallest absolute Gasteiger partial charge is 0.341 e. The number of carbonyl (C=O) groups is 2. The van der Waals surface area contributed by atoms with Crippen LogP contribution in [-0.4, -0.2) is 40.8 Å². The van der Waals surface area contributed by atoms with Crippen molar-refractivity contribution in [3.63, 3.8) is 0 Å². The first-order chi connectivity index (χ1) is 16.4. The second-order valence-electron chi connectivity index (χ2n) is 7.70. The molecule has 5 rings (SSSR count). The lowest BCUT2D eigenvalue weighted by atomic mass is 9.82. The van der Waals surface area contributed by atoms with E-state index in [2.05, 4.69) is 20.5 Å². The number of benzene rings is 2. The molecule has 10 heteroatoms. The predicted octanol–water partition coefficient (Wildman–Crippen LogP) is 3.10. The molecule has 3 heterocycles. The molecule has 172 valence electrons. The number of para-hydroxylation sites is 1. The van der Waals surface area contributed by atoms with Gasteiger partial charge in [-0.2, -0.15) is 0 Å². The van der Waals surface area contributed by atoms with Gasteiger partial charge in [-0.3, -0.25) is 4.79 Å². The molecule has 0 saturated carbocycles. The third-order valence-electron chi connectivity index (χ3n) is 5.92. The molecule has 0 fully saturated rings. The lowest BCUT2D eigenvalue weighted by Gasteiger charge is -2.33. The van der Waals surface area contributed by atoms with Crippen LogP contribution in [0.1, 0.15) is 28.5 Å². The number of hydrogen-bond acceptors (Lipinski definition) is 7. The van der Waals surface area contributed by atoms with Gasteiger partial charge in [0.15, 0.2) is 28.4 Å². The van der Waals surface area contributed by atoms with Crippen molar-refractivity contribution in [3.05, 3.63) is 71.3 Å². The second kappa shape index (κ2) is 7.84. The van der Waals surface area contributed by atoms with E-state index in [1.54, 1.807) is 43.5 Å². The van der Waals surface area contributed by atoms with Crippen molar-refractivity contribution in [2.75, 3.05) is 19.0 Å². The Labute approximate surface area is 193 Å². The van der Waals surface area contributed by atoms with Crippen molar-refractivity contribution in [1.29, 1.82) is 0 Å². The highest BCUT2D eigenvalue weighted by molar-refractivity contribution is 6.12. The number of rotatable bonds is 5. The molecular weight excluding hydrogens is 441 g/mol. The number of esters is 1. The fourth-order valence-electron chi connectivity index (χ4n) is 4.47. The molecule has 1 aliphatic rings. The topological polar surface area (TPSA) is 132 Å². The van der Waals surface area contributed by atoms with E-state index in [0.717, 1.165) is 0 Å². The number of methoxy groups -OCH3 is 1. The number of nitrogens with one attached hydrogen (secondary N) is 2. The molecule has 1 aliphatic heterocycles. The van der Waals surface area contributed by atoms with Gasteiger partial charge in [0.2, 0.25) is 0 Å². The van der Waals surface area contributed by atoms with E-state index in [9.17, 15) is 14.0 Å². The zero-order valence-electron chi connectivity index (χ0n) is 18.3. The molecule has 0 saturated heterocycles. The highest BCUT2D eigenvalue weighted by atomic mass is 19.1. The average molecular weight is 461 g/mol. The van der Waals surface area contributed by atoms with Gasteiger partial charge in [-0.25, -0.2) is 9.18 Å². The first-order valence-corrected chi connectivity index (χ1v) is 10.5. The van der Waals surface area contributed by atoms with Crippen LogP contribution in [0.3, 0.4) is 0 Å². The van der Waals surface area contributed by atoms with Crippen LogP contribution in [0.4, 0.5) is 10.1 Å². The number of amides is 1. The number of halogens is 1. The van der Waals surface area contributed by atoms with Crippen molar-refractivity contribution in [2.24, 2.45) is 5.73 Å². The van der Waals surface area contributed by atoms with E-state index in [1.807, 2.05) is 0 Å². The molecule has 0 aliphatic carbocycles. The van der Waals surface area contributed by atoms with E-state index in [0.29, 0.717) is 33.4 Å². The number of aromatic nitrogens is 3. The maximum Gasteiger partial charge on any atom is 0.341 e. The van der Waals surface area contributed by atoms with Crippen LogP contribution in [0.2, 0.25) is 0 Å². The number of fused-ring (bicyclic) bond motifs is 2. The van der Waals surface area contributed by atoms with E-state index in [-0.39, 0.29) is 23.6 Å². The number of primary amides is 1. The van der Waals surface area contributed by atoms with Crippen LogP contribution in [-0.2, 0) is 15.1 Å². The molecule has 9 nitrogen and oxygen atoms in total. The van der Waals surface area contributed by atoms with Gasteiger partial charge in [-0.15, -0.1) is 10.2 Å². The van der Waals surface area contributed by atoms with Crippen molar-refractivity contribution < 1.29 is 23.5 Å². The Kier molecular flexibility index (Phi) is 4.93. The molecule has 1 unspecified atom stereocenters. The zero-order chi connectivity index (χ0) is 24.0. The monoisotopic (exact) mass is 461 g/mol. The highest BCUT2D eigenvalue weighted by Crippen LogP contribution is 2.48. The summed E-state index contributed by atoms with van der Waals surface area (Å²) in [4.78, 5) is 29.1. The average Bonchev–Trinajstić information content (AvgIpc) is 3.21. The summed E-state index contributed by atoms with van der Waals surface area (Å²) < 4.78 is 25.5. The Balaban J connectivity index is 1.96. The van der Waals surface area contributed by atoms with Crippen molar-refractivity contribution in [3.8, 4) is 16.9 Å². The van der Waals surface area contributed by atoms with Crippen LogP contribution >= 0.6 is 0 Å². The minimum Gasteiger partial charge on any atom is -0.494 e. The molecule has 2 aromatic carbocycles. The van der Waals surface area contributed by atoms with Crippen LogP contribution < -0.4 is 15.8 Å². The molecule has 4 N–H and O–H groups in total. The molecule has 1 atom stereocenters. The second-order valence-corrected chi connectivity index (χ2v) is 7.70. The fourth-order valence-corrected chi connectivity index (χ4v) is 4.47. The van der Waals surface area contributed by atoms with E-state index in [4.69, 9.17) is 15.2 Å². The van der Waals surface area contributed by atoms with E-state index < -0.39 is 23.2 Å². The summed E-state index contributed by atoms with van der Waals surface area (Å²) in [5, 5.41) is 11.9. The number of nitrogens with two attached hydrogens (primary N) is 1. The van der Waals surface area contributed by atoms with Crippen LogP contribution in [0.25, 0.3) is 22.2 Å². The van der Waals surface area contributed by atoms with Gasteiger partial charge in [-0.05, 0) is 30.7 Å². The molecule has 0 bridgehead atoms. The Morgan fingerprint density at radius 3 is 2.68 bits per heavy atom. The zero-order valence-corrected chi connectivity index (χ0v) is 18.3. The summed E-state index contributed by atoms with van der Waals surface area (Å²) in [6, 6.07) is 11.3. The third-order valence-corrected chi connectivity index (χ3v) is 5.92. The third kappa shape index (κ3) is 2.92. The summed E-state index contributed by atoms with van der Waals surface area (Å²) in [6.07, 6.45) is 1.57. The first kappa shape index (κ1) is 21.4. The molecule has 1 amide bonds. The summed E-state index contributed by atoms with van der Waals surface area (Å²) in [5.41, 5.74) is 6.37. The van der Waals surface area contributed by atoms with Gasteiger partial charge in [0.1, 0.15) is 0 Å². The number of ether oxygens (including phenoxy) is 2. The predicted molar refractivity (Wildman–Crippen MR) is 122 cm³/mol. The molecule has 4 aromatic rings. The Morgan fingerprint density at radius 1 is 1.18 bits per heavy atom. The summed E-state index contributed by atoms with van der Waals surface area (Å²) >= 11 is 0. The number of hydrogen-bond donors (Lipinski definition) is 3. The Morgan fingerprint density at radius 2 is 1.97 bits per heavy atom. The number of H-pyrrole nitrogens is 1. The summed E-state index contributed by atoms with van der Waals surface area (Å²) in [5.74, 6) is -2.06. The van der Waals surface area contributed by atoms with E-state index in [1.165, 1.54) is 19.2 Å². The van der Waals surface area contributed by atoms with E-state index >= 15 is 0 Å². The molecule has 0 radical (unpaired) electrons. The number of nitrogens with zero attached hydrogens (tertiary/aromatic N) is 2. The number of anilines is 1. The Hall–Kier alpha value is -4.47. The lowest BCUT2D eigenvalue weighted by molar-refractivity contribution is -0.147. The normalized spacial score (nSPS) is 16.3. The minimum atomic E-state index is -1.69. The van der Waals surface area contributed by atoms with Crippen molar-refractivity contribution in [2.45, 2.75) is 12.5 Å². The fraction of sp³-hybridized carbons (Fsp3) is 0.167. The van der Waals surface area contributed by atoms with Crippen molar-refractivity contribution >= 4 is 28.6 Å². The molecule has 2 aromatic heterocycles. The molecule has 0 spiro atoms. The number of aromatic amines is 1. The standard InChI is InChI=1S/C24H20FN5O4/c1-3-34-23(32)24(12-8-9-17(33-2)15(25)10-12)14-11-27-22-19(14)18(20(21(26)31)29-30-22)13-6-4-5-7-16(13)28-24/h4-11,28H,3H2,1-2H3,(H2,26,31)(H,27,30). The SMILES string of the molecule is CCOC(=O)C1(c2ccc(OC)c(F)c2)Nc2ccccc2-c2c(C(N)=O)nnc3[nH]cc1c23. The van der Waals surface area contributed by atoms with Crippen LogP contribution in [0.5, 0.6) is 5.75 Å². The quantitative estimate of drug-likeness (QED) is 0.389. The molecule has 34 heavy (non-hydrogen) atoms. The minimum absolute atomic E-state index is 0.0262. The highest BCUT2D eigenvalue weighted by Gasteiger charge is 2.49. The maximum atomic E-state index is 14.9. The summed E-state index contributed by atoms with van der Waals surface area (Å²) in [6.45, 7) is 1.77.